The van der Waals surface area contributed by atoms with Gasteiger partial charge in [-0.2, -0.15) is 0 Å². The molecule has 0 bridgehead atoms. The van der Waals surface area contributed by atoms with Crippen LogP contribution < -0.4 is 9.47 Å². The van der Waals surface area contributed by atoms with Crippen LogP contribution in [0.1, 0.15) is 29.1 Å². The lowest BCUT2D eigenvalue weighted by Gasteiger charge is -2.18. The van der Waals surface area contributed by atoms with Gasteiger partial charge in [-0.25, -0.2) is 0 Å². The van der Waals surface area contributed by atoms with Gasteiger partial charge in [0.15, 0.2) is 5.16 Å². The third-order valence-corrected chi connectivity index (χ3v) is 6.98. The molecule has 0 aliphatic carbocycles. The molecule has 0 radical (unpaired) electrons. The van der Waals surface area contributed by atoms with Crippen LogP contribution in [0.2, 0.25) is 0 Å². The van der Waals surface area contributed by atoms with Gasteiger partial charge in [0.1, 0.15) is 29.2 Å². The van der Waals surface area contributed by atoms with E-state index in [-0.39, 0.29) is 11.5 Å². The maximum atomic E-state index is 11.7. The molecule has 186 valence electrons. The number of aromatic nitrogens is 3. The number of hydrogen-bond donors (Lipinski definition) is 0. The van der Waals surface area contributed by atoms with Crippen molar-refractivity contribution < 1.29 is 14.4 Å². The molecule has 0 N–H and O–H groups in total. The van der Waals surface area contributed by atoms with E-state index < -0.39 is 5.25 Å². The number of thioether (sulfide) groups is 1. The van der Waals surface area contributed by atoms with E-state index in [2.05, 4.69) is 26.1 Å². The van der Waals surface area contributed by atoms with Crippen molar-refractivity contribution in [3.8, 4) is 17.2 Å². The number of nitrogens with zero attached hydrogens (tertiary/aromatic N) is 4. The zero-order valence-electron chi connectivity index (χ0n) is 19.8. The molecule has 0 fully saturated rings. The summed E-state index contributed by atoms with van der Waals surface area (Å²) in [6.07, 6.45) is 0. The minimum Gasteiger partial charge on any atom is -0.494 e. The predicted octanol–water partition coefficient (Wildman–Crippen LogP) is 6.43. The molecule has 0 aliphatic rings. The minimum atomic E-state index is -0.562. The maximum absolute atomic E-state index is 11.7. The maximum Gasteiger partial charge on any atom is 0.220 e. The summed E-state index contributed by atoms with van der Waals surface area (Å²) in [6.45, 7) is 4.41. The van der Waals surface area contributed by atoms with Gasteiger partial charge in [0.2, 0.25) is 6.54 Å². The summed E-state index contributed by atoms with van der Waals surface area (Å²) in [7, 11) is 0. The van der Waals surface area contributed by atoms with Crippen molar-refractivity contribution in [3.63, 3.8) is 0 Å². The van der Waals surface area contributed by atoms with E-state index in [0.29, 0.717) is 35.5 Å². The van der Waals surface area contributed by atoms with Crippen LogP contribution in [0.3, 0.4) is 0 Å². The zero-order valence-corrected chi connectivity index (χ0v) is 22.2. The summed E-state index contributed by atoms with van der Waals surface area (Å²) >= 11 is 4.79. The smallest absolute Gasteiger partial charge is 0.220 e. The van der Waals surface area contributed by atoms with Gasteiger partial charge >= 0.3 is 0 Å². The van der Waals surface area contributed by atoms with Gasteiger partial charge in [-0.3, -0.25) is 14.7 Å². The van der Waals surface area contributed by atoms with Crippen LogP contribution in [0.5, 0.6) is 11.5 Å². The summed E-state index contributed by atoms with van der Waals surface area (Å²) in [5.41, 5.74) is 2.56. The second-order valence-electron chi connectivity index (χ2n) is 7.87. The summed E-state index contributed by atoms with van der Waals surface area (Å²) in [5.74, 6) is 2.03. The summed E-state index contributed by atoms with van der Waals surface area (Å²) in [5, 5.41) is 20.3. The molecule has 0 aliphatic heterocycles. The minimum absolute atomic E-state index is 0.308. The van der Waals surface area contributed by atoms with Gasteiger partial charge < -0.3 is 9.47 Å². The molecule has 1 heterocycles. The van der Waals surface area contributed by atoms with Crippen LogP contribution in [-0.4, -0.2) is 32.8 Å². The molecule has 0 amide bonds. The Hall–Kier alpha value is -3.37. The lowest BCUT2D eigenvalue weighted by Crippen LogP contribution is -2.12. The zero-order chi connectivity index (χ0) is 25.5. The van der Waals surface area contributed by atoms with Crippen molar-refractivity contribution in [1.82, 2.24) is 14.8 Å². The first-order chi connectivity index (χ1) is 17.4. The van der Waals surface area contributed by atoms with Crippen molar-refractivity contribution in [2.45, 2.75) is 30.9 Å². The van der Waals surface area contributed by atoms with Gasteiger partial charge in [-0.1, -0.05) is 58.0 Å². The molecule has 3 aromatic carbocycles. The van der Waals surface area contributed by atoms with E-state index in [0.717, 1.165) is 21.5 Å². The normalized spacial score (nSPS) is 11.8. The molecular formula is C26H25BrN4O4S. The Morgan fingerprint density at radius 2 is 1.81 bits per heavy atom. The quantitative estimate of drug-likeness (QED) is 0.117. The van der Waals surface area contributed by atoms with Crippen molar-refractivity contribution in [3.05, 3.63) is 104 Å². The fourth-order valence-corrected chi connectivity index (χ4v) is 5.25. The van der Waals surface area contributed by atoms with Crippen molar-refractivity contribution in [2.75, 3.05) is 13.2 Å². The number of aryl methyl sites for hydroxylation is 1. The van der Waals surface area contributed by atoms with Gasteiger partial charge in [-0.15, -0.1) is 10.2 Å². The average Bonchev–Trinajstić information content (AvgIpc) is 3.23. The highest BCUT2D eigenvalue weighted by Gasteiger charge is 2.27. The first-order valence-corrected chi connectivity index (χ1v) is 13.0. The van der Waals surface area contributed by atoms with Gasteiger partial charge in [0.05, 0.1) is 6.61 Å². The molecule has 1 aromatic heterocycles. The Balaban J connectivity index is 1.66. The highest BCUT2D eigenvalue weighted by atomic mass is 79.9. The van der Waals surface area contributed by atoms with Crippen LogP contribution in [0, 0.1) is 17.0 Å². The monoisotopic (exact) mass is 568 g/mol. The van der Waals surface area contributed by atoms with E-state index in [1.807, 2.05) is 91.2 Å². The molecule has 10 heteroatoms. The first-order valence-electron chi connectivity index (χ1n) is 11.3. The van der Waals surface area contributed by atoms with E-state index in [1.165, 1.54) is 11.8 Å². The molecule has 4 aromatic rings. The van der Waals surface area contributed by atoms with Gasteiger partial charge in [0.25, 0.3) is 0 Å². The van der Waals surface area contributed by atoms with Gasteiger partial charge in [0, 0.05) is 20.6 Å². The molecule has 0 unspecified atom stereocenters. The lowest BCUT2D eigenvalue weighted by molar-refractivity contribution is -0.479. The van der Waals surface area contributed by atoms with E-state index >= 15 is 0 Å². The summed E-state index contributed by atoms with van der Waals surface area (Å²) < 4.78 is 14.4. The standard InChI is InChI=1S/C26H25BrN4O4S/c1-3-34-22-12-10-21(11-13-22)31-18(2)28-29-26(31)36-25(16-30(32)33)23-15-20(27)9-14-24(23)35-17-19-7-5-4-6-8-19/h4-15,25H,3,16-17H2,1-2H3/t25-/m1/s1. The van der Waals surface area contributed by atoms with E-state index in [4.69, 9.17) is 9.47 Å². The van der Waals surface area contributed by atoms with E-state index in [1.54, 1.807) is 0 Å². The number of halogens is 1. The molecule has 0 saturated carbocycles. The predicted molar refractivity (Wildman–Crippen MR) is 143 cm³/mol. The lowest BCUT2D eigenvalue weighted by atomic mass is 10.1. The fourth-order valence-electron chi connectivity index (χ4n) is 3.67. The molecule has 4 rings (SSSR count). The highest BCUT2D eigenvalue weighted by Crippen LogP contribution is 2.41. The summed E-state index contributed by atoms with van der Waals surface area (Å²) in [4.78, 5) is 11.4. The molecule has 0 spiro atoms. The summed E-state index contributed by atoms with van der Waals surface area (Å²) in [6, 6.07) is 23.0. The number of nitro groups is 1. The Morgan fingerprint density at radius 1 is 1.06 bits per heavy atom. The second kappa shape index (κ2) is 12.0. The molecule has 0 saturated heterocycles. The van der Waals surface area contributed by atoms with Crippen LogP contribution >= 0.6 is 27.7 Å². The van der Waals surface area contributed by atoms with Crippen molar-refractivity contribution in [1.29, 1.82) is 0 Å². The van der Waals surface area contributed by atoms with E-state index in [9.17, 15) is 10.1 Å². The SMILES string of the molecule is CCOc1ccc(-n2c(C)nnc2S[C@H](C[N+](=O)[O-])c2cc(Br)ccc2OCc2ccccc2)cc1. The van der Waals surface area contributed by atoms with Gasteiger partial charge in [-0.05, 0) is 61.9 Å². The molecule has 8 nitrogen and oxygen atoms in total. The Morgan fingerprint density at radius 3 is 2.50 bits per heavy atom. The third kappa shape index (κ3) is 6.44. The number of rotatable bonds is 11. The van der Waals surface area contributed by atoms with Crippen LogP contribution in [-0.2, 0) is 6.61 Å². The Bertz CT molecular complexity index is 1320. The molecular weight excluding hydrogens is 544 g/mol. The van der Waals surface area contributed by atoms with Crippen LogP contribution in [0.15, 0.2) is 82.4 Å². The third-order valence-electron chi connectivity index (χ3n) is 5.32. The second-order valence-corrected chi connectivity index (χ2v) is 9.96. The number of hydrogen-bond acceptors (Lipinski definition) is 7. The molecule has 1 atom stereocenters. The van der Waals surface area contributed by atoms with Crippen LogP contribution in [0.25, 0.3) is 5.69 Å². The topological polar surface area (TPSA) is 92.3 Å². The molecule has 36 heavy (non-hydrogen) atoms. The van der Waals surface area contributed by atoms with Crippen LogP contribution in [0.4, 0.5) is 0 Å². The largest absolute Gasteiger partial charge is 0.494 e. The average molecular weight is 569 g/mol. The Labute approximate surface area is 221 Å². The highest BCUT2D eigenvalue weighted by molar-refractivity contribution is 9.10. The Kier molecular flexibility index (Phi) is 8.61. The fraction of sp³-hybridized carbons (Fsp3) is 0.231. The number of ether oxygens (including phenoxy) is 2. The van der Waals surface area contributed by atoms with Crippen molar-refractivity contribution >= 4 is 27.7 Å². The van der Waals surface area contributed by atoms with Crippen molar-refractivity contribution in [2.24, 2.45) is 0 Å². The first kappa shape index (κ1) is 25.7. The number of benzene rings is 3.